The summed E-state index contributed by atoms with van der Waals surface area (Å²) in [5, 5.41) is 4.51. The van der Waals surface area contributed by atoms with Crippen molar-refractivity contribution in [3.05, 3.63) is 35.2 Å². The van der Waals surface area contributed by atoms with Gasteiger partial charge in [0.2, 0.25) is 5.91 Å². The number of nitrogens with two attached hydrogens (primary N) is 1. The van der Waals surface area contributed by atoms with E-state index in [-0.39, 0.29) is 5.91 Å². The fourth-order valence-electron chi connectivity index (χ4n) is 1.89. The molecule has 2 aromatic rings. The van der Waals surface area contributed by atoms with Gasteiger partial charge in [-0.2, -0.15) is 24.9 Å². The molecular formula is C15H16F3N3OS2. The summed E-state index contributed by atoms with van der Waals surface area (Å²) in [5.74, 6) is 0.413. The van der Waals surface area contributed by atoms with Crippen LogP contribution < -0.4 is 11.1 Å². The predicted octanol–water partition coefficient (Wildman–Crippen LogP) is 3.85. The lowest BCUT2D eigenvalue weighted by atomic mass is 10.1. The molecule has 130 valence electrons. The van der Waals surface area contributed by atoms with E-state index in [0.29, 0.717) is 22.8 Å². The fraction of sp³-hybridized carbons (Fsp3) is 0.333. The first kappa shape index (κ1) is 18.8. The second kappa shape index (κ2) is 8.00. The molecule has 0 saturated heterocycles. The molecule has 0 radical (unpaired) electrons. The highest BCUT2D eigenvalue weighted by molar-refractivity contribution is 7.98. The number of alkyl halides is 3. The number of halogens is 3. The second-order valence-corrected chi connectivity index (χ2v) is 6.84. The van der Waals surface area contributed by atoms with Gasteiger partial charge in [-0.1, -0.05) is 12.1 Å². The molecule has 3 N–H and O–H groups in total. The molecule has 24 heavy (non-hydrogen) atoms. The zero-order valence-corrected chi connectivity index (χ0v) is 14.4. The highest BCUT2D eigenvalue weighted by Gasteiger charge is 2.30. The summed E-state index contributed by atoms with van der Waals surface area (Å²) in [6.45, 7) is 0. The number of anilines is 1. The number of aromatic nitrogens is 1. The van der Waals surface area contributed by atoms with E-state index >= 15 is 0 Å². The molecule has 1 atom stereocenters. The van der Waals surface area contributed by atoms with E-state index in [1.54, 1.807) is 23.2 Å². The van der Waals surface area contributed by atoms with Gasteiger partial charge in [-0.25, -0.2) is 4.98 Å². The van der Waals surface area contributed by atoms with E-state index in [1.165, 1.54) is 6.07 Å². The Morgan fingerprint density at radius 1 is 1.46 bits per heavy atom. The average molecular weight is 375 g/mol. The van der Waals surface area contributed by atoms with Crippen LogP contribution in [-0.4, -0.2) is 28.9 Å². The van der Waals surface area contributed by atoms with Gasteiger partial charge in [-0.15, -0.1) is 11.3 Å². The zero-order chi connectivity index (χ0) is 17.7. The van der Waals surface area contributed by atoms with Crippen molar-refractivity contribution in [2.75, 3.05) is 17.3 Å². The summed E-state index contributed by atoms with van der Waals surface area (Å²) in [6, 6.07) is 4.26. The zero-order valence-electron chi connectivity index (χ0n) is 12.8. The number of thiazole rings is 1. The number of amides is 1. The van der Waals surface area contributed by atoms with Crippen molar-refractivity contribution in [1.82, 2.24) is 4.98 Å². The van der Waals surface area contributed by atoms with Gasteiger partial charge < -0.3 is 11.1 Å². The van der Waals surface area contributed by atoms with E-state index in [0.717, 1.165) is 29.2 Å². The van der Waals surface area contributed by atoms with Gasteiger partial charge in [-0.3, -0.25) is 4.79 Å². The molecule has 1 amide bonds. The Bertz CT molecular complexity index is 703. The summed E-state index contributed by atoms with van der Waals surface area (Å²) < 4.78 is 38.3. The summed E-state index contributed by atoms with van der Waals surface area (Å²) >= 11 is 2.74. The van der Waals surface area contributed by atoms with Gasteiger partial charge >= 0.3 is 6.18 Å². The molecule has 0 aliphatic carbocycles. The molecule has 0 saturated carbocycles. The van der Waals surface area contributed by atoms with Crippen LogP contribution in [0.25, 0.3) is 11.3 Å². The Labute approximate surface area is 145 Å². The van der Waals surface area contributed by atoms with Crippen molar-refractivity contribution in [3.63, 3.8) is 0 Å². The van der Waals surface area contributed by atoms with Gasteiger partial charge in [0.25, 0.3) is 0 Å². The minimum atomic E-state index is -4.41. The lowest BCUT2D eigenvalue weighted by molar-refractivity contribution is -0.137. The number of nitrogens with one attached hydrogen (secondary N) is 1. The topological polar surface area (TPSA) is 68.0 Å². The van der Waals surface area contributed by atoms with Crippen LogP contribution in [0, 0.1) is 0 Å². The third-order valence-electron chi connectivity index (χ3n) is 3.19. The van der Waals surface area contributed by atoms with Crippen LogP contribution in [0.5, 0.6) is 0 Å². The van der Waals surface area contributed by atoms with Gasteiger partial charge in [0.1, 0.15) is 0 Å². The molecular weight excluding hydrogens is 359 g/mol. The molecule has 0 spiro atoms. The van der Waals surface area contributed by atoms with E-state index in [1.807, 2.05) is 6.26 Å². The molecule has 1 aromatic heterocycles. The van der Waals surface area contributed by atoms with Crippen LogP contribution in [0.1, 0.15) is 12.0 Å². The SMILES string of the molecule is CSCC[C@H](N)C(=O)Nc1nc(-c2cccc(C(F)(F)F)c2)cs1. The number of hydrogen-bond acceptors (Lipinski definition) is 5. The average Bonchev–Trinajstić information content (AvgIpc) is 3.00. The maximum Gasteiger partial charge on any atom is 0.416 e. The van der Waals surface area contributed by atoms with Crippen molar-refractivity contribution in [1.29, 1.82) is 0 Å². The monoisotopic (exact) mass is 375 g/mol. The first-order valence-electron chi connectivity index (χ1n) is 7.00. The molecule has 0 aliphatic heterocycles. The summed E-state index contributed by atoms with van der Waals surface area (Å²) in [4.78, 5) is 16.1. The number of benzene rings is 1. The van der Waals surface area contributed by atoms with Gasteiger partial charge in [0.05, 0.1) is 17.3 Å². The molecule has 1 heterocycles. The van der Waals surface area contributed by atoms with Crippen molar-refractivity contribution in [2.24, 2.45) is 5.73 Å². The standard InChI is InChI=1S/C15H16F3N3OS2/c1-23-6-5-11(19)13(22)21-14-20-12(8-24-14)9-3-2-4-10(7-9)15(16,17)18/h2-4,7-8,11H,5-6,19H2,1H3,(H,20,21,22)/t11-/m0/s1. The fourth-order valence-corrected chi connectivity index (χ4v) is 3.10. The Balaban J connectivity index is 2.10. The second-order valence-electron chi connectivity index (χ2n) is 4.99. The third-order valence-corrected chi connectivity index (χ3v) is 4.59. The van der Waals surface area contributed by atoms with Crippen LogP contribution >= 0.6 is 23.1 Å². The first-order chi connectivity index (χ1) is 11.3. The number of rotatable bonds is 6. The van der Waals surface area contributed by atoms with E-state index in [9.17, 15) is 18.0 Å². The number of carbonyl (C=O) groups is 1. The summed E-state index contributed by atoms with van der Waals surface area (Å²) in [6.07, 6.45) is -1.95. The number of hydrogen-bond donors (Lipinski definition) is 2. The van der Waals surface area contributed by atoms with Gasteiger partial charge in [0.15, 0.2) is 5.13 Å². The molecule has 2 rings (SSSR count). The Hall–Kier alpha value is -1.58. The highest BCUT2D eigenvalue weighted by atomic mass is 32.2. The largest absolute Gasteiger partial charge is 0.416 e. The van der Waals surface area contributed by atoms with Crippen molar-refractivity contribution >= 4 is 34.1 Å². The molecule has 0 unspecified atom stereocenters. The Morgan fingerprint density at radius 2 is 2.21 bits per heavy atom. The van der Waals surface area contributed by atoms with E-state index < -0.39 is 17.8 Å². The molecule has 9 heteroatoms. The molecule has 0 aliphatic rings. The van der Waals surface area contributed by atoms with Crippen LogP contribution in [0.2, 0.25) is 0 Å². The van der Waals surface area contributed by atoms with Crippen LogP contribution in [0.3, 0.4) is 0 Å². The number of carbonyl (C=O) groups excluding carboxylic acids is 1. The Kier molecular flexibility index (Phi) is 6.25. The quantitative estimate of drug-likeness (QED) is 0.805. The smallest absolute Gasteiger partial charge is 0.320 e. The summed E-state index contributed by atoms with van der Waals surface area (Å²) in [5.41, 5.74) is 5.74. The minimum Gasteiger partial charge on any atom is -0.320 e. The van der Waals surface area contributed by atoms with Gasteiger partial charge in [-0.05, 0) is 30.6 Å². The van der Waals surface area contributed by atoms with Crippen LogP contribution in [0.4, 0.5) is 18.3 Å². The number of thioether (sulfide) groups is 1. The predicted molar refractivity (Wildman–Crippen MR) is 92.2 cm³/mol. The van der Waals surface area contributed by atoms with Crippen LogP contribution in [-0.2, 0) is 11.0 Å². The maximum absolute atomic E-state index is 12.8. The summed E-state index contributed by atoms with van der Waals surface area (Å²) in [7, 11) is 0. The highest BCUT2D eigenvalue weighted by Crippen LogP contribution is 2.33. The number of nitrogens with zero attached hydrogens (tertiary/aromatic N) is 1. The minimum absolute atomic E-state index is 0.312. The third kappa shape index (κ3) is 4.96. The molecule has 0 bridgehead atoms. The Morgan fingerprint density at radius 3 is 2.88 bits per heavy atom. The normalized spacial score (nSPS) is 12.9. The van der Waals surface area contributed by atoms with Crippen LogP contribution in [0.15, 0.2) is 29.6 Å². The lowest BCUT2D eigenvalue weighted by Gasteiger charge is -2.09. The van der Waals surface area contributed by atoms with Crippen molar-refractivity contribution < 1.29 is 18.0 Å². The van der Waals surface area contributed by atoms with Crippen molar-refractivity contribution in [2.45, 2.75) is 18.6 Å². The molecule has 4 nitrogen and oxygen atoms in total. The lowest BCUT2D eigenvalue weighted by Crippen LogP contribution is -2.36. The molecule has 0 fully saturated rings. The maximum atomic E-state index is 12.8. The van der Waals surface area contributed by atoms with E-state index in [4.69, 9.17) is 5.73 Å². The molecule has 1 aromatic carbocycles. The van der Waals surface area contributed by atoms with E-state index in [2.05, 4.69) is 10.3 Å². The van der Waals surface area contributed by atoms with Crippen molar-refractivity contribution in [3.8, 4) is 11.3 Å². The van der Waals surface area contributed by atoms with Gasteiger partial charge in [0, 0.05) is 10.9 Å². The first-order valence-corrected chi connectivity index (χ1v) is 9.27.